The number of β-amino-alcohol motifs (C(OH)–C–C–N with tert-alkyl or cyclic N) is 1. The van der Waals surface area contributed by atoms with Crippen LogP contribution in [0.3, 0.4) is 0 Å². The summed E-state index contributed by atoms with van der Waals surface area (Å²) in [6.07, 6.45) is 7.40. The molecule has 98 valence electrons. The molecule has 17 heavy (non-hydrogen) atoms. The molecule has 0 aliphatic carbocycles. The van der Waals surface area contributed by atoms with Crippen molar-refractivity contribution in [3.63, 3.8) is 0 Å². The Labute approximate surface area is 105 Å². The van der Waals surface area contributed by atoms with Crippen LogP contribution in [0.2, 0.25) is 0 Å². The molecule has 0 aromatic heterocycles. The predicted molar refractivity (Wildman–Crippen MR) is 69.7 cm³/mol. The van der Waals surface area contributed by atoms with Crippen LogP contribution >= 0.6 is 0 Å². The summed E-state index contributed by atoms with van der Waals surface area (Å²) in [5.41, 5.74) is -0.587. The van der Waals surface area contributed by atoms with Crippen LogP contribution in [-0.4, -0.2) is 48.0 Å². The summed E-state index contributed by atoms with van der Waals surface area (Å²) < 4.78 is 5.50. The van der Waals surface area contributed by atoms with Crippen LogP contribution in [0.1, 0.15) is 33.6 Å². The summed E-state index contributed by atoms with van der Waals surface area (Å²) >= 11 is 0. The lowest BCUT2D eigenvalue weighted by Crippen LogP contribution is -2.41. The largest absolute Gasteiger partial charge is 0.389 e. The molecule has 0 spiro atoms. The molecule has 1 saturated heterocycles. The van der Waals surface area contributed by atoms with Gasteiger partial charge in [0.15, 0.2) is 0 Å². The maximum absolute atomic E-state index is 9.91. The molecule has 0 radical (unpaired) electrons. The minimum atomic E-state index is -0.587. The van der Waals surface area contributed by atoms with Gasteiger partial charge in [0.1, 0.15) is 5.60 Å². The zero-order chi connectivity index (χ0) is 12.9. The molecule has 0 unspecified atom stereocenters. The fourth-order valence-corrected chi connectivity index (χ4v) is 2.15. The number of piperidine rings is 1. The van der Waals surface area contributed by atoms with E-state index < -0.39 is 11.7 Å². The molecule has 3 nitrogen and oxygen atoms in total. The Morgan fingerprint density at radius 1 is 1.59 bits per heavy atom. The lowest BCUT2D eigenvalue weighted by Gasteiger charge is -2.32. The van der Waals surface area contributed by atoms with Crippen LogP contribution in [0.5, 0.6) is 0 Å². The standard InChI is InChI=1S/C14H25NO2/c1-5-14(3,4)17-11-13(16)10-15-8-6-7-12(2)9-15/h1,12-13,16H,6-11H2,2-4H3/t12-,13-/m0/s1. The highest BCUT2D eigenvalue weighted by atomic mass is 16.5. The molecule has 1 rings (SSSR count). The van der Waals surface area contributed by atoms with E-state index in [1.807, 2.05) is 13.8 Å². The molecular formula is C14H25NO2. The van der Waals surface area contributed by atoms with Gasteiger partial charge in [-0.2, -0.15) is 0 Å². The molecule has 1 fully saturated rings. The Kier molecular flexibility index (Phi) is 5.45. The van der Waals surface area contributed by atoms with E-state index in [2.05, 4.69) is 17.7 Å². The van der Waals surface area contributed by atoms with Gasteiger partial charge in [-0.1, -0.05) is 12.8 Å². The third-order valence-corrected chi connectivity index (χ3v) is 3.19. The van der Waals surface area contributed by atoms with Gasteiger partial charge in [0.25, 0.3) is 0 Å². The Morgan fingerprint density at radius 2 is 2.29 bits per heavy atom. The maximum Gasteiger partial charge on any atom is 0.122 e. The number of aliphatic hydroxyl groups is 1. The fraction of sp³-hybridized carbons (Fsp3) is 0.857. The van der Waals surface area contributed by atoms with Crippen LogP contribution in [0.15, 0.2) is 0 Å². The van der Waals surface area contributed by atoms with Crippen molar-refractivity contribution < 1.29 is 9.84 Å². The van der Waals surface area contributed by atoms with Crippen LogP contribution in [0, 0.1) is 18.3 Å². The topological polar surface area (TPSA) is 32.7 Å². The lowest BCUT2D eigenvalue weighted by atomic mass is 10.00. The summed E-state index contributed by atoms with van der Waals surface area (Å²) in [4.78, 5) is 2.31. The van der Waals surface area contributed by atoms with E-state index in [0.717, 1.165) is 19.0 Å². The summed E-state index contributed by atoms with van der Waals surface area (Å²) in [5.74, 6) is 3.30. The van der Waals surface area contributed by atoms with Crippen LogP contribution < -0.4 is 0 Å². The van der Waals surface area contributed by atoms with Crippen LogP contribution in [0.4, 0.5) is 0 Å². The monoisotopic (exact) mass is 239 g/mol. The van der Waals surface area contributed by atoms with E-state index in [4.69, 9.17) is 11.2 Å². The summed E-state index contributed by atoms with van der Waals surface area (Å²) in [6, 6.07) is 0. The minimum Gasteiger partial charge on any atom is -0.389 e. The minimum absolute atomic E-state index is 0.308. The molecule has 1 N–H and O–H groups in total. The normalized spacial score (nSPS) is 24.3. The molecule has 0 aromatic carbocycles. The van der Waals surface area contributed by atoms with Gasteiger partial charge in [-0.05, 0) is 39.2 Å². The van der Waals surface area contributed by atoms with E-state index in [9.17, 15) is 5.11 Å². The Balaban J connectivity index is 2.25. The van der Waals surface area contributed by atoms with E-state index in [-0.39, 0.29) is 0 Å². The van der Waals surface area contributed by atoms with Gasteiger partial charge in [-0.25, -0.2) is 0 Å². The van der Waals surface area contributed by atoms with Crippen molar-refractivity contribution in [1.29, 1.82) is 0 Å². The highest BCUT2D eigenvalue weighted by Gasteiger charge is 2.21. The number of likely N-dealkylation sites (tertiary alicyclic amines) is 1. The van der Waals surface area contributed by atoms with E-state index in [1.54, 1.807) is 0 Å². The van der Waals surface area contributed by atoms with Crippen molar-refractivity contribution in [3.8, 4) is 12.3 Å². The number of terminal acetylenes is 1. The first kappa shape index (κ1) is 14.5. The van der Waals surface area contributed by atoms with E-state index >= 15 is 0 Å². The molecule has 1 aliphatic heterocycles. The smallest absolute Gasteiger partial charge is 0.122 e. The quantitative estimate of drug-likeness (QED) is 0.738. The summed E-state index contributed by atoms with van der Waals surface area (Å²) in [7, 11) is 0. The van der Waals surface area contributed by atoms with Crippen molar-refractivity contribution in [1.82, 2.24) is 4.90 Å². The second-order valence-electron chi connectivity index (χ2n) is 5.63. The van der Waals surface area contributed by atoms with Crippen molar-refractivity contribution in [2.75, 3.05) is 26.2 Å². The molecule has 2 atom stereocenters. The van der Waals surface area contributed by atoms with Gasteiger partial charge in [0.2, 0.25) is 0 Å². The highest BCUT2D eigenvalue weighted by Crippen LogP contribution is 2.16. The zero-order valence-electron chi connectivity index (χ0n) is 11.3. The number of nitrogens with zero attached hydrogens (tertiary/aromatic N) is 1. The number of rotatable bonds is 5. The Bertz CT molecular complexity index is 270. The van der Waals surface area contributed by atoms with Gasteiger partial charge < -0.3 is 14.7 Å². The number of hydrogen-bond acceptors (Lipinski definition) is 3. The average Bonchev–Trinajstić information content (AvgIpc) is 2.27. The highest BCUT2D eigenvalue weighted by molar-refractivity contribution is 5.02. The first-order valence-electron chi connectivity index (χ1n) is 6.45. The van der Waals surface area contributed by atoms with E-state index in [0.29, 0.717) is 13.2 Å². The summed E-state index contributed by atoms with van der Waals surface area (Å²) in [5, 5.41) is 9.91. The third kappa shape index (κ3) is 5.54. The first-order chi connectivity index (χ1) is 7.93. The predicted octanol–water partition coefficient (Wildman–Crippen LogP) is 1.51. The lowest BCUT2D eigenvalue weighted by molar-refractivity contribution is -0.0401. The fourth-order valence-electron chi connectivity index (χ4n) is 2.15. The first-order valence-corrected chi connectivity index (χ1v) is 6.45. The summed E-state index contributed by atoms with van der Waals surface area (Å²) in [6.45, 7) is 9.09. The third-order valence-electron chi connectivity index (χ3n) is 3.19. The molecule has 0 saturated carbocycles. The van der Waals surface area contributed by atoms with Crippen molar-refractivity contribution >= 4 is 0 Å². The molecule has 0 aromatic rings. The number of hydrogen-bond donors (Lipinski definition) is 1. The molecule has 0 bridgehead atoms. The second-order valence-corrected chi connectivity index (χ2v) is 5.63. The average molecular weight is 239 g/mol. The van der Waals surface area contributed by atoms with Crippen LogP contribution in [-0.2, 0) is 4.74 Å². The van der Waals surface area contributed by atoms with Gasteiger partial charge in [-0.15, -0.1) is 6.42 Å². The van der Waals surface area contributed by atoms with Gasteiger partial charge in [0.05, 0.1) is 12.7 Å². The van der Waals surface area contributed by atoms with Gasteiger partial charge >= 0.3 is 0 Å². The van der Waals surface area contributed by atoms with Crippen LogP contribution in [0.25, 0.3) is 0 Å². The van der Waals surface area contributed by atoms with Crippen molar-refractivity contribution in [3.05, 3.63) is 0 Å². The zero-order valence-corrected chi connectivity index (χ0v) is 11.3. The Morgan fingerprint density at radius 3 is 2.88 bits per heavy atom. The van der Waals surface area contributed by atoms with Crippen molar-refractivity contribution in [2.45, 2.75) is 45.3 Å². The number of ether oxygens (including phenoxy) is 1. The molecule has 1 aliphatic rings. The second kappa shape index (κ2) is 6.39. The molecule has 0 amide bonds. The van der Waals surface area contributed by atoms with Gasteiger partial charge in [-0.3, -0.25) is 0 Å². The number of aliphatic hydroxyl groups excluding tert-OH is 1. The van der Waals surface area contributed by atoms with Gasteiger partial charge in [0, 0.05) is 13.1 Å². The molecular weight excluding hydrogens is 214 g/mol. The molecule has 1 heterocycles. The molecule has 3 heteroatoms. The van der Waals surface area contributed by atoms with Crippen molar-refractivity contribution in [2.24, 2.45) is 5.92 Å². The SMILES string of the molecule is C#CC(C)(C)OC[C@@H](O)CN1CCC[C@H](C)C1. The van der Waals surface area contributed by atoms with E-state index in [1.165, 1.54) is 12.8 Å². The Hall–Kier alpha value is -0.560. The maximum atomic E-state index is 9.91.